The summed E-state index contributed by atoms with van der Waals surface area (Å²) in [5, 5.41) is 3.14. The minimum Gasteiger partial charge on any atom is -0.454 e. The molecular weight excluding hydrogens is 420 g/mol. The van der Waals surface area contributed by atoms with E-state index < -0.39 is 17.4 Å². The van der Waals surface area contributed by atoms with Crippen molar-refractivity contribution in [2.45, 2.75) is 37.5 Å². The number of hydrogen-bond acceptors (Lipinski definition) is 5. The van der Waals surface area contributed by atoms with E-state index in [4.69, 9.17) is 14.2 Å². The van der Waals surface area contributed by atoms with Gasteiger partial charge in [0.15, 0.2) is 11.5 Å². The first-order chi connectivity index (χ1) is 16.0. The van der Waals surface area contributed by atoms with Crippen LogP contribution in [0.4, 0.5) is 5.69 Å². The SMILES string of the molecule is CC(CCc1ccccc1)NC(=O)C1C2C=C[C@]3(CN(c4ccc5c(c4)OCO5)C(=O)C13)O2. The van der Waals surface area contributed by atoms with Crippen molar-refractivity contribution in [1.82, 2.24) is 5.32 Å². The van der Waals surface area contributed by atoms with Crippen molar-refractivity contribution in [2.24, 2.45) is 11.8 Å². The molecule has 2 amide bonds. The predicted octanol–water partition coefficient (Wildman–Crippen LogP) is 2.84. The number of fused-ring (bicyclic) bond motifs is 2. The van der Waals surface area contributed by atoms with E-state index in [1.807, 2.05) is 55.5 Å². The van der Waals surface area contributed by atoms with E-state index >= 15 is 0 Å². The van der Waals surface area contributed by atoms with Crippen molar-refractivity contribution in [3.8, 4) is 11.5 Å². The number of nitrogens with zero attached hydrogens (tertiary/aromatic N) is 1. The third kappa shape index (κ3) is 3.30. The van der Waals surface area contributed by atoms with Crippen molar-refractivity contribution in [2.75, 3.05) is 18.2 Å². The van der Waals surface area contributed by atoms with Gasteiger partial charge in [0.05, 0.1) is 24.5 Å². The van der Waals surface area contributed by atoms with Crippen molar-refractivity contribution in [3.63, 3.8) is 0 Å². The number of aryl methyl sites for hydroxylation is 1. The molecule has 4 aliphatic rings. The Morgan fingerprint density at radius 3 is 2.85 bits per heavy atom. The highest BCUT2D eigenvalue weighted by Gasteiger charge is 2.67. The van der Waals surface area contributed by atoms with Crippen molar-refractivity contribution < 1.29 is 23.8 Å². The van der Waals surface area contributed by atoms with Crippen LogP contribution < -0.4 is 19.7 Å². The largest absolute Gasteiger partial charge is 0.454 e. The number of rotatable bonds is 6. The molecule has 0 saturated carbocycles. The van der Waals surface area contributed by atoms with Crippen LogP contribution in [-0.4, -0.2) is 42.9 Å². The number of benzene rings is 2. The molecule has 2 fully saturated rings. The molecule has 2 aromatic rings. The van der Waals surface area contributed by atoms with E-state index in [9.17, 15) is 9.59 Å². The Hall–Kier alpha value is -3.32. The second-order valence-corrected chi connectivity index (χ2v) is 9.30. The normalized spacial score (nSPS) is 29.4. The van der Waals surface area contributed by atoms with Crippen LogP contribution >= 0.6 is 0 Å². The fourth-order valence-electron chi connectivity index (χ4n) is 5.51. The Kier molecular flexibility index (Phi) is 4.69. The van der Waals surface area contributed by atoms with Gasteiger partial charge in [0.1, 0.15) is 5.60 Å². The lowest BCUT2D eigenvalue weighted by Gasteiger charge is -2.25. The minimum atomic E-state index is -0.757. The maximum absolute atomic E-state index is 13.5. The number of amides is 2. The summed E-state index contributed by atoms with van der Waals surface area (Å²) in [7, 11) is 0. The Labute approximate surface area is 192 Å². The van der Waals surface area contributed by atoms with Gasteiger partial charge in [0.2, 0.25) is 18.6 Å². The van der Waals surface area contributed by atoms with Gasteiger partial charge < -0.3 is 24.4 Å². The summed E-state index contributed by atoms with van der Waals surface area (Å²) in [5.41, 5.74) is 1.21. The van der Waals surface area contributed by atoms with Gasteiger partial charge in [-0.05, 0) is 37.5 Å². The van der Waals surface area contributed by atoms with Crippen LogP contribution in [0.25, 0.3) is 0 Å². The molecule has 2 aromatic carbocycles. The predicted molar refractivity (Wildman–Crippen MR) is 121 cm³/mol. The number of anilines is 1. The third-order valence-corrected chi connectivity index (χ3v) is 7.17. The molecule has 5 atom stereocenters. The average molecular weight is 447 g/mol. The van der Waals surface area contributed by atoms with Crippen LogP contribution in [0.15, 0.2) is 60.7 Å². The molecule has 4 unspecified atom stereocenters. The van der Waals surface area contributed by atoms with Gasteiger partial charge >= 0.3 is 0 Å². The zero-order chi connectivity index (χ0) is 22.6. The van der Waals surface area contributed by atoms with E-state index in [0.717, 1.165) is 18.5 Å². The highest BCUT2D eigenvalue weighted by atomic mass is 16.7. The van der Waals surface area contributed by atoms with Crippen LogP contribution in [0.3, 0.4) is 0 Å². The molecule has 33 heavy (non-hydrogen) atoms. The molecule has 1 N–H and O–H groups in total. The summed E-state index contributed by atoms with van der Waals surface area (Å²) in [4.78, 5) is 28.6. The number of carbonyl (C=O) groups is 2. The first-order valence-electron chi connectivity index (χ1n) is 11.5. The average Bonchev–Trinajstić information content (AvgIpc) is 3.58. The van der Waals surface area contributed by atoms with E-state index in [-0.39, 0.29) is 30.8 Å². The topological polar surface area (TPSA) is 77.1 Å². The zero-order valence-corrected chi connectivity index (χ0v) is 18.4. The van der Waals surface area contributed by atoms with Gasteiger partial charge in [-0.1, -0.05) is 42.5 Å². The second-order valence-electron chi connectivity index (χ2n) is 9.30. The quantitative estimate of drug-likeness (QED) is 0.691. The lowest BCUT2D eigenvalue weighted by molar-refractivity contribution is -0.132. The lowest BCUT2D eigenvalue weighted by atomic mass is 9.76. The Morgan fingerprint density at radius 1 is 1.18 bits per heavy atom. The van der Waals surface area contributed by atoms with Crippen LogP contribution in [0, 0.1) is 11.8 Å². The third-order valence-electron chi connectivity index (χ3n) is 7.17. The number of hydrogen-bond donors (Lipinski definition) is 1. The Balaban J connectivity index is 1.17. The monoisotopic (exact) mass is 446 g/mol. The van der Waals surface area contributed by atoms with Crippen LogP contribution in [0.5, 0.6) is 11.5 Å². The smallest absolute Gasteiger partial charge is 0.234 e. The molecule has 7 nitrogen and oxygen atoms in total. The molecule has 0 radical (unpaired) electrons. The van der Waals surface area contributed by atoms with E-state index in [2.05, 4.69) is 17.4 Å². The molecule has 1 spiro atoms. The molecule has 7 heteroatoms. The van der Waals surface area contributed by atoms with E-state index in [1.165, 1.54) is 5.56 Å². The van der Waals surface area contributed by atoms with Gasteiger partial charge in [-0.3, -0.25) is 9.59 Å². The summed E-state index contributed by atoms with van der Waals surface area (Å²) in [6.45, 7) is 2.57. The summed E-state index contributed by atoms with van der Waals surface area (Å²) in [5.74, 6) is 0.0372. The fourth-order valence-corrected chi connectivity index (χ4v) is 5.51. The first kappa shape index (κ1) is 20.3. The maximum atomic E-state index is 13.5. The molecule has 4 aliphatic heterocycles. The summed E-state index contributed by atoms with van der Waals surface area (Å²) in [6, 6.07) is 15.7. The highest BCUT2D eigenvalue weighted by Crippen LogP contribution is 2.53. The summed E-state index contributed by atoms with van der Waals surface area (Å²) >= 11 is 0. The van der Waals surface area contributed by atoms with Gasteiger partial charge in [-0.2, -0.15) is 0 Å². The zero-order valence-electron chi connectivity index (χ0n) is 18.4. The molecule has 0 aliphatic carbocycles. The van der Waals surface area contributed by atoms with Gasteiger partial charge in [0, 0.05) is 17.8 Å². The Bertz CT molecular complexity index is 1130. The van der Waals surface area contributed by atoms with Crippen LogP contribution in [0.2, 0.25) is 0 Å². The summed E-state index contributed by atoms with van der Waals surface area (Å²) in [6.07, 6.45) is 5.26. The molecular formula is C26H26N2O5. The molecule has 0 aromatic heterocycles. The molecule has 170 valence electrons. The molecule has 4 heterocycles. The molecule has 2 saturated heterocycles. The van der Waals surface area contributed by atoms with Crippen molar-refractivity contribution in [3.05, 3.63) is 66.2 Å². The highest BCUT2D eigenvalue weighted by molar-refractivity contribution is 6.03. The van der Waals surface area contributed by atoms with E-state index in [1.54, 1.807) is 4.90 Å². The van der Waals surface area contributed by atoms with Crippen molar-refractivity contribution in [1.29, 1.82) is 0 Å². The second kappa shape index (κ2) is 7.63. The van der Waals surface area contributed by atoms with Crippen LogP contribution in [0.1, 0.15) is 18.9 Å². The molecule has 2 bridgehead atoms. The number of carbonyl (C=O) groups excluding carboxylic acids is 2. The Morgan fingerprint density at radius 2 is 2.00 bits per heavy atom. The first-order valence-corrected chi connectivity index (χ1v) is 11.5. The number of ether oxygens (including phenoxy) is 3. The van der Waals surface area contributed by atoms with Gasteiger partial charge in [0.25, 0.3) is 0 Å². The fraction of sp³-hybridized carbons (Fsp3) is 0.385. The van der Waals surface area contributed by atoms with E-state index in [0.29, 0.717) is 18.0 Å². The van der Waals surface area contributed by atoms with Crippen LogP contribution in [-0.2, 0) is 20.7 Å². The lowest BCUT2D eigenvalue weighted by Crippen LogP contribution is -2.46. The van der Waals surface area contributed by atoms with Gasteiger partial charge in [-0.15, -0.1) is 0 Å². The maximum Gasteiger partial charge on any atom is 0.234 e. The number of nitrogens with one attached hydrogen (secondary N) is 1. The molecule has 6 rings (SSSR count). The van der Waals surface area contributed by atoms with Gasteiger partial charge in [-0.25, -0.2) is 0 Å². The summed E-state index contributed by atoms with van der Waals surface area (Å²) < 4.78 is 17.1. The standard InChI is InChI=1S/C26H26N2O5/c1-16(7-8-17-5-3-2-4-6-17)27-24(29)22-20-11-12-26(33-20)14-28(25(30)23(22)26)18-9-10-19-21(13-18)32-15-31-19/h2-6,9-13,16,20,22-23H,7-8,14-15H2,1H3,(H,27,29)/t16?,20?,22?,23?,26-/m1/s1. The van der Waals surface area contributed by atoms with Crippen molar-refractivity contribution >= 4 is 17.5 Å². The minimum absolute atomic E-state index is 0.00164.